The molecule has 0 bridgehead atoms. The summed E-state index contributed by atoms with van der Waals surface area (Å²) in [5.41, 5.74) is 6.13. The number of hydrogen-bond donors (Lipinski definition) is 2. The van der Waals surface area contributed by atoms with Gasteiger partial charge in [-0.15, -0.1) is 0 Å². The molecule has 0 aliphatic heterocycles. The second-order valence-corrected chi connectivity index (χ2v) is 5.77. The Hall–Kier alpha value is -1.73. The quantitative estimate of drug-likeness (QED) is 0.706. The Morgan fingerprint density at radius 1 is 1.37 bits per heavy atom. The van der Waals surface area contributed by atoms with Gasteiger partial charge in [0.15, 0.2) is 0 Å². The van der Waals surface area contributed by atoms with Gasteiger partial charge < -0.3 is 10.8 Å². The second kappa shape index (κ2) is 7.01. The van der Waals surface area contributed by atoms with E-state index in [0.717, 1.165) is 11.8 Å². The molecular formula is C12H16N2O4S. The molecule has 1 aromatic carbocycles. The van der Waals surface area contributed by atoms with Crippen LogP contribution in [0.1, 0.15) is 12.0 Å². The van der Waals surface area contributed by atoms with Gasteiger partial charge in [0.25, 0.3) is 10.0 Å². The second-order valence-electron chi connectivity index (χ2n) is 3.99. The molecule has 6 nitrogen and oxygen atoms in total. The molecule has 0 aromatic heterocycles. The van der Waals surface area contributed by atoms with Gasteiger partial charge >= 0.3 is 5.97 Å². The van der Waals surface area contributed by atoms with Crippen molar-refractivity contribution in [2.24, 2.45) is 10.1 Å². The van der Waals surface area contributed by atoms with Crippen molar-refractivity contribution < 1.29 is 18.3 Å². The third-order valence-corrected chi connectivity index (χ3v) is 3.59. The molecule has 0 spiro atoms. The first-order valence-corrected chi connectivity index (χ1v) is 7.30. The fraction of sp³-hybridized carbons (Fsp3) is 0.333. The van der Waals surface area contributed by atoms with Crippen molar-refractivity contribution in [3.05, 3.63) is 35.9 Å². The standard InChI is InChI=1S/C12H16N2O4S/c13-11(12(15)16)6-8-14-19(17,18)9-7-10-4-2-1-3-5-10/h1-5,8,11H,6-7,9,13H2,(H,15,16)/t11-/m0/s1. The van der Waals surface area contributed by atoms with Gasteiger partial charge in [0.1, 0.15) is 6.04 Å². The van der Waals surface area contributed by atoms with E-state index < -0.39 is 22.0 Å². The van der Waals surface area contributed by atoms with E-state index in [1.165, 1.54) is 0 Å². The maximum Gasteiger partial charge on any atom is 0.320 e. The molecule has 0 heterocycles. The molecule has 1 atom stereocenters. The van der Waals surface area contributed by atoms with Crippen LogP contribution in [-0.2, 0) is 21.2 Å². The molecular weight excluding hydrogens is 268 g/mol. The minimum absolute atomic E-state index is 0.111. The van der Waals surface area contributed by atoms with E-state index >= 15 is 0 Å². The zero-order chi connectivity index (χ0) is 14.3. The highest BCUT2D eigenvalue weighted by Crippen LogP contribution is 2.03. The smallest absolute Gasteiger partial charge is 0.320 e. The number of carbonyl (C=O) groups is 1. The number of benzene rings is 1. The third-order valence-electron chi connectivity index (χ3n) is 2.40. The number of sulfonamides is 1. The van der Waals surface area contributed by atoms with Crippen LogP contribution in [0.2, 0.25) is 0 Å². The lowest BCUT2D eigenvalue weighted by atomic mass is 10.2. The fourth-order valence-corrected chi connectivity index (χ4v) is 2.23. The first-order valence-electron chi connectivity index (χ1n) is 5.69. The number of nitrogens with zero attached hydrogens (tertiary/aromatic N) is 1. The van der Waals surface area contributed by atoms with E-state index in [9.17, 15) is 13.2 Å². The molecule has 0 aliphatic rings. The van der Waals surface area contributed by atoms with E-state index in [2.05, 4.69) is 4.40 Å². The lowest BCUT2D eigenvalue weighted by Crippen LogP contribution is -2.30. The zero-order valence-corrected chi connectivity index (χ0v) is 11.1. The number of hydrogen-bond acceptors (Lipinski definition) is 4. The Balaban J connectivity index is 2.48. The minimum atomic E-state index is -3.58. The average molecular weight is 284 g/mol. The van der Waals surface area contributed by atoms with E-state index in [-0.39, 0.29) is 12.2 Å². The molecule has 1 aromatic rings. The van der Waals surface area contributed by atoms with E-state index in [1.54, 1.807) is 0 Å². The van der Waals surface area contributed by atoms with Crippen molar-refractivity contribution in [1.82, 2.24) is 0 Å². The van der Waals surface area contributed by atoms with E-state index in [0.29, 0.717) is 6.42 Å². The first-order chi connectivity index (χ1) is 8.91. The topological polar surface area (TPSA) is 110 Å². The van der Waals surface area contributed by atoms with Gasteiger partial charge in [-0.25, -0.2) is 8.42 Å². The van der Waals surface area contributed by atoms with Crippen molar-refractivity contribution in [3.8, 4) is 0 Å². The van der Waals surface area contributed by atoms with Crippen molar-refractivity contribution >= 4 is 22.2 Å². The Morgan fingerprint density at radius 3 is 2.58 bits per heavy atom. The summed E-state index contributed by atoms with van der Waals surface area (Å²) in [6.07, 6.45) is 1.30. The Kier molecular flexibility index (Phi) is 5.65. The van der Waals surface area contributed by atoms with Crippen LogP contribution in [0.3, 0.4) is 0 Å². The average Bonchev–Trinajstić information content (AvgIpc) is 2.37. The maximum absolute atomic E-state index is 11.6. The summed E-state index contributed by atoms with van der Waals surface area (Å²) >= 11 is 0. The Bertz CT molecular complexity index is 540. The molecule has 0 fully saturated rings. The molecule has 0 unspecified atom stereocenters. The molecule has 19 heavy (non-hydrogen) atoms. The van der Waals surface area contributed by atoms with Gasteiger partial charge in [-0.1, -0.05) is 30.3 Å². The summed E-state index contributed by atoms with van der Waals surface area (Å²) in [5, 5.41) is 8.53. The Morgan fingerprint density at radius 2 is 2.00 bits per heavy atom. The predicted octanol–water partition coefficient (Wildman–Crippen LogP) is 0.432. The number of carboxylic acid groups (broad SMARTS) is 1. The normalized spacial score (nSPS) is 13.5. The van der Waals surface area contributed by atoms with Gasteiger partial charge in [0.05, 0.1) is 5.75 Å². The lowest BCUT2D eigenvalue weighted by Gasteiger charge is -2.01. The van der Waals surface area contributed by atoms with Crippen molar-refractivity contribution in [3.63, 3.8) is 0 Å². The van der Waals surface area contributed by atoms with Crippen LogP contribution in [0.5, 0.6) is 0 Å². The number of aryl methyl sites for hydroxylation is 1. The molecule has 0 radical (unpaired) electrons. The molecule has 104 valence electrons. The van der Waals surface area contributed by atoms with Crippen LogP contribution in [-0.4, -0.2) is 37.5 Å². The van der Waals surface area contributed by atoms with Crippen LogP contribution in [0, 0.1) is 0 Å². The minimum Gasteiger partial charge on any atom is -0.480 e. The maximum atomic E-state index is 11.6. The Labute approximate surface area is 112 Å². The molecule has 0 aliphatic carbocycles. The molecule has 0 saturated heterocycles. The van der Waals surface area contributed by atoms with Crippen molar-refractivity contribution in [1.29, 1.82) is 0 Å². The molecule has 3 N–H and O–H groups in total. The van der Waals surface area contributed by atoms with Crippen LogP contribution in [0.25, 0.3) is 0 Å². The fourth-order valence-electron chi connectivity index (χ4n) is 1.32. The summed E-state index contributed by atoms with van der Waals surface area (Å²) < 4.78 is 26.5. The number of nitrogens with two attached hydrogens (primary N) is 1. The predicted molar refractivity (Wildman–Crippen MR) is 72.7 cm³/mol. The first kappa shape index (κ1) is 15.3. The van der Waals surface area contributed by atoms with Gasteiger partial charge in [-0.05, 0) is 12.0 Å². The largest absolute Gasteiger partial charge is 0.480 e. The number of rotatable bonds is 7. The van der Waals surface area contributed by atoms with Crippen LogP contribution in [0.4, 0.5) is 0 Å². The van der Waals surface area contributed by atoms with Gasteiger partial charge in [0.2, 0.25) is 0 Å². The van der Waals surface area contributed by atoms with Gasteiger partial charge in [-0.2, -0.15) is 4.40 Å². The molecule has 7 heteroatoms. The van der Waals surface area contributed by atoms with Gasteiger partial charge in [-0.3, -0.25) is 4.79 Å². The number of aliphatic carboxylic acids is 1. The zero-order valence-electron chi connectivity index (χ0n) is 10.3. The van der Waals surface area contributed by atoms with Crippen LogP contribution in [0.15, 0.2) is 34.7 Å². The monoisotopic (exact) mass is 284 g/mol. The summed E-state index contributed by atoms with van der Waals surface area (Å²) in [7, 11) is -3.58. The summed E-state index contributed by atoms with van der Waals surface area (Å²) in [6, 6.07) is 8.05. The lowest BCUT2D eigenvalue weighted by molar-refractivity contribution is -0.138. The van der Waals surface area contributed by atoms with Crippen LogP contribution < -0.4 is 5.73 Å². The molecule has 0 saturated carbocycles. The SMILES string of the molecule is N[C@@H](CC=NS(=O)(=O)CCc1ccccc1)C(=O)O. The number of carboxylic acids is 1. The molecule has 0 amide bonds. The summed E-state index contributed by atoms with van der Waals surface area (Å²) in [4.78, 5) is 10.4. The highest BCUT2D eigenvalue weighted by molar-refractivity contribution is 7.90. The highest BCUT2D eigenvalue weighted by Gasteiger charge is 2.11. The van der Waals surface area contributed by atoms with Crippen LogP contribution >= 0.6 is 0 Å². The van der Waals surface area contributed by atoms with Crippen molar-refractivity contribution in [2.45, 2.75) is 18.9 Å². The summed E-state index contributed by atoms with van der Waals surface area (Å²) in [6.45, 7) is 0. The summed E-state index contributed by atoms with van der Waals surface area (Å²) in [5.74, 6) is -1.30. The highest BCUT2D eigenvalue weighted by atomic mass is 32.2. The van der Waals surface area contributed by atoms with Gasteiger partial charge in [0, 0.05) is 12.6 Å². The van der Waals surface area contributed by atoms with E-state index in [1.807, 2.05) is 30.3 Å². The third kappa shape index (κ3) is 6.12. The van der Waals surface area contributed by atoms with Crippen molar-refractivity contribution in [2.75, 3.05) is 5.75 Å². The van der Waals surface area contributed by atoms with E-state index in [4.69, 9.17) is 10.8 Å². The molecule has 1 rings (SSSR count).